The topological polar surface area (TPSA) is 54.5 Å². The molecule has 2 aromatic rings. The molecule has 0 aliphatic carbocycles. The number of amides is 1. The highest BCUT2D eigenvalue weighted by Crippen LogP contribution is 2.28. The Balaban J connectivity index is 2.13. The Morgan fingerprint density at radius 1 is 1.08 bits per heavy atom. The van der Waals surface area contributed by atoms with Crippen LogP contribution in [0.1, 0.15) is 21.5 Å². The van der Waals surface area contributed by atoms with E-state index in [4.69, 9.17) is 0 Å². The highest BCUT2D eigenvalue weighted by Gasteiger charge is 2.34. The molecule has 1 atom stereocenters. The molecule has 26 heavy (non-hydrogen) atoms. The molecule has 2 aromatic carbocycles. The number of carbonyl (C=O) groups excluding carboxylic acids is 1. The summed E-state index contributed by atoms with van der Waals surface area (Å²) in [4.78, 5) is 14.1. The number of hydrogen-bond acceptors (Lipinski definition) is 3. The summed E-state index contributed by atoms with van der Waals surface area (Å²) in [5, 5.41) is 1.02. The molecule has 0 radical (unpaired) electrons. The molecule has 1 amide bonds. The molecular weight excluding hydrogens is 360 g/mol. The summed E-state index contributed by atoms with van der Waals surface area (Å²) in [6, 6.07) is 7.43. The average molecular weight is 377 g/mol. The summed E-state index contributed by atoms with van der Waals surface area (Å²) in [7, 11) is -3.46. The van der Waals surface area contributed by atoms with Crippen molar-refractivity contribution in [2.45, 2.75) is 19.9 Å². The summed E-state index contributed by atoms with van der Waals surface area (Å²) in [6.45, 7) is 3.73. The lowest BCUT2D eigenvalue weighted by atomic mass is 10.1. The lowest BCUT2D eigenvalue weighted by molar-refractivity contribution is 0.0975. The second kappa shape index (κ2) is 6.64. The zero-order valence-electron chi connectivity index (χ0n) is 14.2. The van der Waals surface area contributed by atoms with Crippen LogP contribution in [0.25, 0.3) is 0 Å². The SMILES string of the molecule is Cc1ccc(N(C(=O)c2c(F)cccc2F)[C@H]2C=CS(=O)(=O)C2)cc1C. The summed E-state index contributed by atoms with van der Waals surface area (Å²) in [5.41, 5.74) is 1.53. The number of carbonyl (C=O) groups is 1. The molecule has 3 rings (SSSR count). The van der Waals surface area contributed by atoms with Gasteiger partial charge in [-0.3, -0.25) is 4.79 Å². The van der Waals surface area contributed by atoms with E-state index in [1.54, 1.807) is 18.2 Å². The molecule has 1 aliphatic heterocycles. The Labute approximate surface area is 150 Å². The summed E-state index contributed by atoms with van der Waals surface area (Å²) in [6.07, 6.45) is 1.36. The molecule has 136 valence electrons. The molecule has 0 unspecified atom stereocenters. The van der Waals surface area contributed by atoms with E-state index in [9.17, 15) is 22.0 Å². The first kappa shape index (κ1) is 18.3. The van der Waals surface area contributed by atoms with Gasteiger partial charge in [0.05, 0.1) is 11.8 Å². The first-order chi connectivity index (χ1) is 12.2. The second-order valence-electron chi connectivity index (χ2n) is 6.27. The minimum Gasteiger partial charge on any atom is -0.300 e. The van der Waals surface area contributed by atoms with Crippen LogP contribution in [0.4, 0.5) is 14.5 Å². The molecule has 1 heterocycles. The van der Waals surface area contributed by atoms with Gasteiger partial charge in [-0.05, 0) is 55.3 Å². The van der Waals surface area contributed by atoms with Gasteiger partial charge in [0.25, 0.3) is 5.91 Å². The molecule has 0 bridgehead atoms. The Bertz CT molecular complexity index is 995. The Morgan fingerprint density at radius 2 is 1.73 bits per heavy atom. The van der Waals surface area contributed by atoms with E-state index in [0.29, 0.717) is 5.69 Å². The molecule has 0 N–H and O–H groups in total. The number of nitrogens with zero attached hydrogens (tertiary/aromatic N) is 1. The number of benzene rings is 2. The third-order valence-corrected chi connectivity index (χ3v) is 5.78. The van der Waals surface area contributed by atoms with Crippen LogP contribution in [-0.2, 0) is 9.84 Å². The van der Waals surface area contributed by atoms with Crippen molar-refractivity contribution >= 4 is 21.4 Å². The van der Waals surface area contributed by atoms with Gasteiger partial charge in [-0.1, -0.05) is 12.1 Å². The molecule has 0 spiro atoms. The van der Waals surface area contributed by atoms with Crippen LogP contribution in [0.3, 0.4) is 0 Å². The molecule has 0 aromatic heterocycles. The minimum absolute atomic E-state index is 0.332. The van der Waals surface area contributed by atoms with Gasteiger partial charge in [0.15, 0.2) is 9.84 Å². The quantitative estimate of drug-likeness (QED) is 0.822. The van der Waals surface area contributed by atoms with Gasteiger partial charge in [0.1, 0.15) is 17.2 Å². The van der Waals surface area contributed by atoms with Crippen molar-refractivity contribution in [3.05, 3.63) is 76.2 Å². The van der Waals surface area contributed by atoms with E-state index < -0.39 is 39.0 Å². The number of halogens is 2. The van der Waals surface area contributed by atoms with E-state index >= 15 is 0 Å². The summed E-state index contributed by atoms with van der Waals surface area (Å²) < 4.78 is 51.9. The lowest BCUT2D eigenvalue weighted by Gasteiger charge is -2.28. The highest BCUT2D eigenvalue weighted by atomic mass is 32.2. The number of rotatable bonds is 3. The number of sulfone groups is 1. The first-order valence-corrected chi connectivity index (χ1v) is 9.67. The van der Waals surface area contributed by atoms with Crippen molar-refractivity contribution in [2.75, 3.05) is 10.7 Å². The fraction of sp³-hybridized carbons (Fsp3) is 0.211. The second-order valence-corrected chi connectivity index (χ2v) is 8.20. The predicted molar refractivity (Wildman–Crippen MR) is 95.8 cm³/mol. The standard InChI is InChI=1S/C19H17F2NO3S/c1-12-6-7-14(10-13(12)2)22(15-8-9-26(24,25)11-15)19(23)18-16(20)4-3-5-17(18)21/h3-10,15H,11H2,1-2H3/t15-/m0/s1. The van der Waals surface area contributed by atoms with E-state index in [1.165, 1.54) is 12.1 Å². The van der Waals surface area contributed by atoms with Crippen molar-refractivity contribution in [3.63, 3.8) is 0 Å². The van der Waals surface area contributed by atoms with Crippen molar-refractivity contribution in [2.24, 2.45) is 0 Å². The zero-order valence-corrected chi connectivity index (χ0v) is 15.1. The van der Waals surface area contributed by atoms with Crippen LogP contribution in [-0.4, -0.2) is 26.1 Å². The van der Waals surface area contributed by atoms with Gasteiger partial charge in [0.2, 0.25) is 0 Å². The number of anilines is 1. The van der Waals surface area contributed by atoms with Crippen LogP contribution in [0.15, 0.2) is 47.9 Å². The maximum atomic E-state index is 14.1. The number of aryl methyl sites for hydroxylation is 2. The third kappa shape index (κ3) is 3.39. The third-order valence-electron chi connectivity index (χ3n) is 4.41. The van der Waals surface area contributed by atoms with Crippen molar-refractivity contribution in [3.8, 4) is 0 Å². The molecular formula is C19H17F2NO3S. The molecule has 4 nitrogen and oxygen atoms in total. The van der Waals surface area contributed by atoms with Crippen molar-refractivity contribution in [1.29, 1.82) is 0 Å². The number of hydrogen-bond donors (Lipinski definition) is 0. The maximum absolute atomic E-state index is 14.1. The van der Waals surface area contributed by atoms with Gasteiger partial charge >= 0.3 is 0 Å². The van der Waals surface area contributed by atoms with Gasteiger partial charge in [0, 0.05) is 11.1 Å². The summed E-state index contributed by atoms with van der Waals surface area (Å²) in [5.74, 6) is -3.24. The van der Waals surface area contributed by atoms with Gasteiger partial charge in [-0.2, -0.15) is 0 Å². The lowest BCUT2D eigenvalue weighted by Crippen LogP contribution is -2.42. The molecule has 0 saturated carbocycles. The Kier molecular flexibility index (Phi) is 4.66. The van der Waals surface area contributed by atoms with Crippen LogP contribution in [0.2, 0.25) is 0 Å². The Morgan fingerprint density at radius 3 is 2.27 bits per heavy atom. The van der Waals surface area contributed by atoms with Crippen LogP contribution >= 0.6 is 0 Å². The van der Waals surface area contributed by atoms with E-state index in [-0.39, 0.29) is 5.75 Å². The minimum atomic E-state index is -3.46. The smallest absolute Gasteiger partial charge is 0.264 e. The average Bonchev–Trinajstić information content (AvgIpc) is 2.90. The van der Waals surface area contributed by atoms with Crippen molar-refractivity contribution < 1.29 is 22.0 Å². The monoisotopic (exact) mass is 377 g/mol. The largest absolute Gasteiger partial charge is 0.300 e. The normalized spacial score (nSPS) is 18.1. The van der Waals surface area contributed by atoms with Crippen LogP contribution < -0.4 is 4.90 Å². The predicted octanol–water partition coefficient (Wildman–Crippen LogP) is 3.54. The Hall–Kier alpha value is -2.54. The van der Waals surface area contributed by atoms with E-state index in [0.717, 1.165) is 33.6 Å². The van der Waals surface area contributed by atoms with Gasteiger partial charge in [-0.15, -0.1) is 0 Å². The van der Waals surface area contributed by atoms with Crippen LogP contribution in [0.5, 0.6) is 0 Å². The molecule has 0 fully saturated rings. The summed E-state index contributed by atoms with van der Waals surface area (Å²) >= 11 is 0. The van der Waals surface area contributed by atoms with Gasteiger partial charge < -0.3 is 4.90 Å². The molecule has 7 heteroatoms. The molecule has 1 aliphatic rings. The van der Waals surface area contributed by atoms with Gasteiger partial charge in [-0.25, -0.2) is 17.2 Å². The fourth-order valence-electron chi connectivity index (χ4n) is 2.88. The zero-order chi connectivity index (χ0) is 19.1. The fourth-order valence-corrected chi connectivity index (χ4v) is 4.15. The van der Waals surface area contributed by atoms with Crippen LogP contribution in [0, 0.1) is 25.5 Å². The maximum Gasteiger partial charge on any atom is 0.264 e. The molecule has 0 saturated heterocycles. The van der Waals surface area contributed by atoms with E-state index in [2.05, 4.69) is 0 Å². The van der Waals surface area contributed by atoms with E-state index in [1.807, 2.05) is 13.8 Å². The highest BCUT2D eigenvalue weighted by molar-refractivity contribution is 7.94. The van der Waals surface area contributed by atoms with Crippen molar-refractivity contribution in [1.82, 2.24) is 0 Å². The first-order valence-electron chi connectivity index (χ1n) is 7.95.